The smallest absolute Gasteiger partial charge is 0.0319 e. The van der Waals surface area contributed by atoms with Crippen molar-refractivity contribution in [1.82, 2.24) is 0 Å². The van der Waals surface area contributed by atoms with Gasteiger partial charge in [0.2, 0.25) is 0 Å². The molecule has 1 N–H and O–H groups in total. The Hall–Kier alpha value is 1.13. The van der Waals surface area contributed by atoms with E-state index in [1.54, 1.807) is 0 Å². The summed E-state index contributed by atoms with van der Waals surface area (Å²) < 4.78 is 0. The fourth-order valence-electron chi connectivity index (χ4n) is 0. The minimum Gasteiger partial charge on any atom is -0.400 e. The number of rotatable bonds is 0. The zero-order valence-electron chi connectivity index (χ0n) is 4.60. The molecule has 6 heavy (non-hydrogen) atoms. The van der Waals surface area contributed by atoms with E-state index in [1.165, 1.54) is 0 Å². The van der Waals surface area contributed by atoms with Crippen molar-refractivity contribution >= 4 is 8.41 Å². The van der Waals surface area contributed by atoms with Crippen LogP contribution in [0.25, 0.3) is 0 Å². The van der Waals surface area contributed by atoms with Crippen LogP contribution in [0.4, 0.5) is 0 Å². The van der Waals surface area contributed by atoms with Crippen LogP contribution in [0.15, 0.2) is 0 Å². The maximum atomic E-state index is 7.00. The molecule has 0 aliphatic carbocycles. The molecule has 0 aromatic heterocycles. The molecule has 0 amide bonds. The minimum atomic E-state index is 0. The number of hydrogen-bond acceptors (Lipinski definition) is 1. The molecule has 0 bridgehead atoms. The van der Waals surface area contributed by atoms with Crippen molar-refractivity contribution in [2.75, 3.05) is 7.11 Å². The molecule has 4 radical (unpaired) electrons. The Labute approximate surface area is 68.0 Å². The van der Waals surface area contributed by atoms with Gasteiger partial charge in [0, 0.05) is 48.2 Å². The molecule has 0 rings (SSSR count). The van der Waals surface area contributed by atoms with Gasteiger partial charge in [0.25, 0.3) is 0 Å². The van der Waals surface area contributed by atoms with Gasteiger partial charge in [-0.2, -0.15) is 0 Å². The zero-order valence-corrected chi connectivity index (χ0v) is 7.44. The van der Waals surface area contributed by atoms with E-state index < -0.39 is 0 Å². The van der Waals surface area contributed by atoms with Crippen LogP contribution in [-0.2, 0) is 32.7 Å². The standard InChI is InChI=1S/CH4O.2CH3.B.Y/c1-2;;;;/h2H,1H3;2*1H3;;/q;2*-1;;. The second kappa shape index (κ2) is 127. The Morgan fingerprint density at radius 2 is 1.00 bits per heavy atom. The summed E-state index contributed by atoms with van der Waals surface area (Å²) in [6.45, 7) is 0. The van der Waals surface area contributed by atoms with E-state index in [9.17, 15) is 0 Å². The van der Waals surface area contributed by atoms with E-state index in [1.807, 2.05) is 0 Å². The first-order chi connectivity index (χ1) is 1.00. The molecule has 0 unspecified atom stereocenters. The molecule has 0 aromatic carbocycles. The summed E-state index contributed by atoms with van der Waals surface area (Å²) in [6, 6.07) is 0. The average Bonchev–Trinajstić information content (AvgIpc) is 1.00. The monoisotopic (exact) mass is 162 g/mol. The Bertz CT molecular complexity index is 10.8. The Morgan fingerprint density at radius 3 is 1.00 bits per heavy atom. The molecule has 3 heteroatoms. The Kier molecular flexibility index (Phi) is 1250. The fourth-order valence-corrected chi connectivity index (χ4v) is 0. The summed E-state index contributed by atoms with van der Waals surface area (Å²) in [4.78, 5) is 0. The maximum absolute atomic E-state index is 7.00. The third-order valence-corrected chi connectivity index (χ3v) is 0. The maximum Gasteiger partial charge on any atom is 0.0319 e. The summed E-state index contributed by atoms with van der Waals surface area (Å²) in [7, 11) is 1.00. The second-order valence-corrected chi connectivity index (χ2v) is 0. The molecule has 0 saturated heterocycles. The molecular formula is C3H10BOY-2. The topological polar surface area (TPSA) is 20.2 Å². The summed E-state index contributed by atoms with van der Waals surface area (Å²) in [5.41, 5.74) is 0. The first kappa shape index (κ1) is 59.1. The van der Waals surface area contributed by atoms with E-state index in [-0.39, 0.29) is 56.0 Å². The molecule has 0 aliphatic heterocycles. The van der Waals surface area contributed by atoms with Crippen molar-refractivity contribution in [2.45, 2.75) is 0 Å². The van der Waals surface area contributed by atoms with Crippen molar-refractivity contribution in [2.24, 2.45) is 0 Å². The van der Waals surface area contributed by atoms with Crippen LogP contribution in [0.2, 0.25) is 0 Å². The molecular weight excluding hydrogens is 152 g/mol. The number of hydrogen-bond donors (Lipinski definition) is 1. The first-order valence-electron chi connectivity index (χ1n) is 0.447. The van der Waals surface area contributed by atoms with Crippen molar-refractivity contribution in [3.05, 3.63) is 14.9 Å². The van der Waals surface area contributed by atoms with E-state index in [0.29, 0.717) is 0 Å². The Balaban J connectivity index is -0.000000000833. The van der Waals surface area contributed by atoms with E-state index in [4.69, 9.17) is 5.11 Å². The fraction of sp³-hybridized carbons (Fsp3) is 0.333. The van der Waals surface area contributed by atoms with Gasteiger partial charge in [0.05, 0.1) is 0 Å². The molecule has 0 fully saturated rings. The molecule has 0 spiro atoms. The summed E-state index contributed by atoms with van der Waals surface area (Å²) >= 11 is 0. The normalized spacial score (nSPS) is 1.00. The van der Waals surface area contributed by atoms with Gasteiger partial charge < -0.3 is 20.0 Å². The van der Waals surface area contributed by atoms with Crippen LogP contribution in [0.5, 0.6) is 0 Å². The van der Waals surface area contributed by atoms with Crippen molar-refractivity contribution < 1.29 is 37.8 Å². The Morgan fingerprint density at radius 1 is 1.00 bits per heavy atom. The molecule has 0 saturated carbocycles. The summed E-state index contributed by atoms with van der Waals surface area (Å²) in [5, 5.41) is 7.00. The van der Waals surface area contributed by atoms with Crippen LogP contribution in [0.1, 0.15) is 0 Å². The van der Waals surface area contributed by atoms with E-state index in [2.05, 4.69) is 0 Å². The van der Waals surface area contributed by atoms with E-state index in [0.717, 1.165) is 7.11 Å². The third-order valence-electron chi connectivity index (χ3n) is 0. The van der Waals surface area contributed by atoms with Crippen molar-refractivity contribution in [1.29, 1.82) is 0 Å². The van der Waals surface area contributed by atoms with Crippen LogP contribution in [0, 0.1) is 14.9 Å². The van der Waals surface area contributed by atoms with Crippen molar-refractivity contribution in [3.8, 4) is 0 Å². The third kappa shape index (κ3) is 68.6. The molecule has 0 aromatic rings. The van der Waals surface area contributed by atoms with Crippen LogP contribution in [-0.4, -0.2) is 20.6 Å². The molecule has 36 valence electrons. The van der Waals surface area contributed by atoms with Gasteiger partial charge in [0.1, 0.15) is 0 Å². The van der Waals surface area contributed by atoms with Gasteiger partial charge >= 0.3 is 0 Å². The quantitative estimate of drug-likeness (QED) is 0.396. The van der Waals surface area contributed by atoms with Gasteiger partial charge in [-0.3, -0.25) is 0 Å². The van der Waals surface area contributed by atoms with Gasteiger partial charge in [0.15, 0.2) is 0 Å². The minimum absolute atomic E-state index is 0. The van der Waals surface area contributed by atoms with Gasteiger partial charge in [-0.15, -0.1) is 0 Å². The molecule has 0 aliphatic rings. The first-order valence-corrected chi connectivity index (χ1v) is 0.447. The largest absolute Gasteiger partial charge is 0.400 e. The number of aliphatic hydroxyl groups is 1. The predicted molar refractivity (Wildman–Crippen MR) is 26.7 cm³/mol. The average molecular weight is 162 g/mol. The van der Waals surface area contributed by atoms with Gasteiger partial charge in [-0.25, -0.2) is 0 Å². The SMILES string of the molecule is CO.[B].[CH3-].[CH3-].[Y]. The van der Waals surface area contributed by atoms with Gasteiger partial charge in [-0.1, -0.05) is 0 Å². The van der Waals surface area contributed by atoms with Crippen LogP contribution >= 0.6 is 0 Å². The summed E-state index contributed by atoms with van der Waals surface area (Å²) in [5.74, 6) is 0. The molecule has 1 nitrogen and oxygen atoms in total. The summed E-state index contributed by atoms with van der Waals surface area (Å²) in [6.07, 6.45) is 0. The van der Waals surface area contributed by atoms with Crippen molar-refractivity contribution in [3.63, 3.8) is 0 Å². The number of aliphatic hydroxyl groups excluding tert-OH is 1. The van der Waals surface area contributed by atoms with Crippen LogP contribution in [0.3, 0.4) is 0 Å². The predicted octanol–water partition coefficient (Wildman–Crippen LogP) is 0.126. The molecule has 0 heterocycles. The van der Waals surface area contributed by atoms with Crippen LogP contribution < -0.4 is 0 Å². The zero-order chi connectivity index (χ0) is 2.00. The molecule has 0 atom stereocenters. The second-order valence-electron chi connectivity index (χ2n) is 0. The van der Waals surface area contributed by atoms with Gasteiger partial charge in [-0.05, 0) is 0 Å². The van der Waals surface area contributed by atoms with E-state index >= 15 is 0 Å².